The van der Waals surface area contributed by atoms with E-state index in [1.807, 2.05) is 23.9 Å². The molecule has 0 aliphatic heterocycles. The van der Waals surface area contributed by atoms with Crippen LogP contribution in [0, 0.1) is 5.41 Å². The zero-order chi connectivity index (χ0) is 12.1. The van der Waals surface area contributed by atoms with Gasteiger partial charge in [0.2, 0.25) is 0 Å². The molecule has 1 aromatic rings. The average Bonchev–Trinajstić information content (AvgIpc) is 2.39. The minimum absolute atomic E-state index is 0.516. The fraction of sp³-hybridized carbons (Fsp3) is 0.571. The van der Waals surface area contributed by atoms with Gasteiger partial charge in [0.1, 0.15) is 0 Å². The molecular weight excluding hydrogens is 316 g/mol. The summed E-state index contributed by atoms with van der Waals surface area (Å²) in [4.78, 5) is 1.33. The second-order valence-corrected chi connectivity index (χ2v) is 6.98. The van der Waals surface area contributed by atoms with Gasteiger partial charge in [0.15, 0.2) is 0 Å². The normalized spacial score (nSPS) is 19.2. The first kappa shape index (κ1) is 13.8. The van der Waals surface area contributed by atoms with Gasteiger partial charge < -0.3 is 0 Å². The molecule has 0 nitrogen and oxygen atoms in total. The number of hydrogen-bond donors (Lipinski definition) is 0. The fourth-order valence-electron chi connectivity index (χ4n) is 2.39. The maximum atomic E-state index is 5.90. The first-order valence-electron chi connectivity index (χ1n) is 6.18. The molecule has 1 aromatic carbocycles. The van der Waals surface area contributed by atoms with Crippen LogP contribution in [-0.4, -0.2) is 11.1 Å². The Morgan fingerprint density at radius 1 is 1.12 bits per heavy atom. The molecule has 0 bridgehead atoms. The number of benzene rings is 1. The van der Waals surface area contributed by atoms with Crippen molar-refractivity contribution in [3.8, 4) is 0 Å². The summed E-state index contributed by atoms with van der Waals surface area (Å²) in [6.07, 6.45) is 6.96. The van der Waals surface area contributed by atoms with Gasteiger partial charge in [0.05, 0.1) is 0 Å². The van der Waals surface area contributed by atoms with Crippen molar-refractivity contribution in [2.24, 2.45) is 5.41 Å². The van der Waals surface area contributed by atoms with E-state index < -0.39 is 0 Å². The Morgan fingerprint density at radius 2 is 1.76 bits per heavy atom. The summed E-state index contributed by atoms with van der Waals surface area (Å²) < 4.78 is 0. The molecule has 2 rings (SSSR count). The second-order valence-electron chi connectivity index (χ2n) is 4.94. The third kappa shape index (κ3) is 3.90. The summed E-state index contributed by atoms with van der Waals surface area (Å²) in [5.41, 5.74) is 0.516. The highest BCUT2D eigenvalue weighted by atomic mass is 79.9. The van der Waals surface area contributed by atoms with Crippen molar-refractivity contribution >= 4 is 39.3 Å². The first-order valence-corrected chi connectivity index (χ1v) is 8.67. The van der Waals surface area contributed by atoms with E-state index in [0.29, 0.717) is 5.41 Å². The van der Waals surface area contributed by atoms with Crippen LogP contribution in [0.15, 0.2) is 29.2 Å². The highest BCUT2D eigenvalue weighted by Crippen LogP contribution is 2.41. The summed E-state index contributed by atoms with van der Waals surface area (Å²) in [5, 5.41) is 1.96. The Morgan fingerprint density at radius 3 is 2.35 bits per heavy atom. The maximum Gasteiger partial charge on any atom is 0.0406 e. The number of hydrogen-bond acceptors (Lipinski definition) is 1. The Hall–Kier alpha value is 0.340. The van der Waals surface area contributed by atoms with Gasteiger partial charge in [-0.25, -0.2) is 0 Å². The topological polar surface area (TPSA) is 0 Å². The van der Waals surface area contributed by atoms with E-state index in [1.165, 1.54) is 42.8 Å². The summed E-state index contributed by atoms with van der Waals surface area (Å²) in [5.74, 6) is 1.22. The fourth-order valence-corrected chi connectivity index (χ4v) is 4.73. The van der Waals surface area contributed by atoms with Gasteiger partial charge in [0, 0.05) is 21.0 Å². The molecule has 1 aliphatic carbocycles. The zero-order valence-corrected chi connectivity index (χ0v) is 13.1. The largest absolute Gasteiger partial charge is 0.126 e. The molecule has 0 saturated heterocycles. The molecule has 0 unspecified atom stereocenters. The molecule has 0 N–H and O–H groups in total. The van der Waals surface area contributed by atoms with Gasteiger partial charge in [-0.1, -0.05) is 46.8 Å². The number of rotatable bonds is 4. The Kier molecular flexibility index (Phi) is 5.25. The SMILES string of the molecule is Clc1ccc(SCC2(CBr)CCCCC2)cc1. The summed E-state index contributed by atoms with van der Waals surface area (Å²) in [7, 11) is 0. The van der Waals surface area contributed by atoms with Gasteiger partial charge in [0.25, 0.3) is 0 Å². The zero-order valence-electron chi connectivity index (χ0n) is 9.92. The lowest BCUT2D eigenvalue weighted by Gasteiger charge is -2.35. The molecule has 0 heterocycles. The van der Waals surface area contributed by atoms with Gasteiger partial charge in [-0.2, -0.15) is 0 Å². The van der Waals surface area contributed by atoms with Gasteiger partial charge in [-0.05, 0) is 42.5 Å². The highest BCUT2D eigenvalue weighted by molar-refractivity contribution is 9.09. The van der Waals surface area contributed by atoms with E-state index >= 15 is 0 Å². The number of halogens is 2. The monoisotopic (exact) mass is 332 g/mol. The van der Waals surface area contributed by atoms with Crippen LogP contribution in [0.3, 0.4) is 0 Å². The van der Waals surface area contributed by atoms with Crippen molar-refractivity contribution < 1.29 is 0 Å². The quantitative estimate of drug-likeness (QED) is 0.497. The van der Waals surface area contributed by atoms with E-state index in [0.717, 1.165) is 10.4 Å². The predicted octanol–water partition coefficient (Wildman–Crippen LogP) is 5.78. The Bertz CT molecular complexity index is 344. The minimum atomic E-state index is 0.516. The highest BCUT2D eigenvalue weighted by Gasteiger charge is 2.30. The Labute approximate surface area is 122 Å². The van der Waals surface area contributed by atoms with Crippen molar-refractivity contribution in [3.05, 3.63) is 29.3 Å². The molecule has 0 aromatic heterocycles. The van der Waals surface area contributed by atoms with Crippen molar-refractivity contribution in [2.75, 3.05) is 11.1 Å². The van der Waals surface area contributed by atoms with Crippen molar-refractivity contribution in [2.45, 2.75) is 37.0 Å². The van der Waals surface area contributed by atoms with Crippen LogP contribution in [0.4, 0.5) is 0 Å². The van der Waals surface area contributed by atoms with Crippen LogP contribution >= 0.6 is 39.3 Å². The van der Waals surface area contributed by atoms with E-state index in [4.69, 9.17) is 11.6 Å². The van der Waals surface area contributed by atoms with E-state index in [1.54, 1.807) is 0 Å². The van der Waals surface area contributed by atoms with Crippen LogP contribution in [0.25, 0.3) is 0 Å². The van der Waals surface area contributed by atoms with Crippen LogP contribution < -0.4 is 0 Å². The van der Waals surface area contributed by atoms with E-state index in [2.05, 4.69) is 28.1 Å². The van der Waals surface area contributed by atoms with Gasteiger partial charge in [-0.15, -0.1) is 11.8 Å². The molecule has 0 amide bonds. The second kappa shape index (κ2) is 6.49. The Balaban J connectivity index is 1.93. The molecule has 1 fully saturated rings. The molecule has 17 heavy (non-hydrogen) atoms. The summed E-state index contributed by atoms with van der Waals surface area (Å²) in [6, 6.07) is 8.20. The average molecular weight is 334 g/mol. The maximum absolute atomic E-state index is 5.90. The molecule has 3 heteroatoms. The molecule has 0 spiro atoms. The van der Waals surface area contributed by atoms with Crippen molar-refractivity contribution in [1.29, 1.82) is 0 Å². The van der Waals surface area contributed by atoms with E-state index in [9.17, 15) is 0 Å². The summed E-state index contributed by atoms with van der Waals surface area (Å²) >= 11 is 11.6. The smallest absolute Gasteiger partial charge is 0.0406 e. The van der Waals surface area contributed by atoms with Crippen molar-refractivity contribution in [3.63, 3.8) is 0 Å². The first-order chi connectivity index (χ1) is 8.24. The predicted molar refractivity (Wildman–Crippen MR) is 81.5 cm³/mol. The van der Waals surface area contributed by atoms with Crippen LogP contribution in [0.1, 0.15) is 32.1 Å². The van der Waals surface area contributed by atoms with E-state index in [-0.39, 0.29) is 0 Å². The molecule has 0 atom stereocenters. The molecule has 1 saturated carbocycles. The van der Waals surface area contributed by atoms with Gasteiger partial charge in [-0.3, -0.25) is 0 Å². The van der Waals surface area contributed by atoms with Crippen molar-refractivity contribution in [1.82, 2.24) is 0 Å². The third-order valence-corrected chi connectivity index (χ3v) is 6.36. The third-order valence-electron chi connectivity index (χ3n) is 3.56. The lowest BCUT2D eigenvalue weighted by molar-refractivity contribution is 0.260. The lowest BCUT2D eigenvalue weighted by Crippen LogP contribution is -2.28. The number of thioether (sulfide) groups is 1. The minimum Gasteiger partial charge on any atom is -0.126 e. The van der Waals surface area contributed by atoms with Crippen LogP contribution in [0.2, 0.25) is 5.02 Å². The van der Waals surface area contributed by atoms with Crippen LogP contribution in [-0.2, 0) is 0 Å². The molecule has 1 aliphatic rings. The standard InChI is InChI=1S/C14H18BrClS/c15-10-14(8-2-1-3-9-14)11-17-13-6-4-12(16)5-7-13/h4-7H,1-3,8-11H2. The van der Waals surface area contributed by atoms with Gasteiger partial charge >= 0.3 is 0 Å². The molecule has 94 valence electrons. The lowest BCUT2D eigenvalue weighted by atomic mass is 9.77. The summed E-state index contributed by atoms with van der Waals surface area (Å²) in [6.45, 7) is 0. The number of alkyl halides is 1. The molecule has 0 radical (unpaired) electrons. The van der Waals surface area contributed by atoms with Crippen LogP contribution in [0.5, 0.6) is 0 Å². The molecular formula is C14H18BrClS.